The summed E-state index contributed by atoms with van der Waals surface area (Å²) in [5, 5.41) is 6.25. The van der Waals surface area contributed by atoms with Crippen molar-refractivity contribution in [1.29, 1.82) is 0 Å². The van der Waals surface area contributed by atoms with E-state index in [1.807, 2.05) is 0 Å². The van der Waals surface area contributed by atoms with Crippen LogP contribution in [0.25, 0.3) is 0 Å². The average molecular weight is 490 g/mol. The fourth-order valence-corrected chi connectivity index (χ4v) is 4.02. The van der Waals surface area contributed by atoms with Gasteiger partial charge in [0, 0.05) is 18.7 Å². The van der Waals surface area contributed by atoms with E-state index in [1.165, 1.54) is 36.3 Å². The predicted molar refractivity (Wildman–Crippen MR) is 118 cm³/mol. The first-order valence-electron chi connectivity index (χ1n) is 10.8. The Balaban J connectivity index is 1.64. The number of anilines is 1. The molecule has 0 saturated carbocycles. The largest absolute Gasteiger partial charge is 0.465 e. The quantitative estimate of drug-likeness (QED) is 0.411. The van der Waals surface area contributed by atoms with Crippen LogP contribution in [0.4, 0.5) is 23.4 Å². The van der Waals surface area contributed by atoms with Crippen LogP contribution in [0.15, 0.2) is 48.5 Å². The van der Waals surface area contributed by atoms with Gasteiger partial charge in [-0.05, 0) is 30.7 Å². The number of methoxy groups -OCH3 is 1. The third-order valence-electron chi connectivity index (χ3n) is 5.80. The first-order chi connectivity index (χ1) is 16.6. The second-order valence-corrected chi connectivity index (χ2v) is 8.09. The van der Waals surface area contributed by atoms with Gasteiger partial charge < -0.3 is 15.0 Å². The maximum atomic E-state index is 14.2. The van der Waals surface area contributed by atoms with Crippen LogP contribution < -0.4 is 10.2 Å². The van der Waals surface area contributed by atoms with Gasteiger partial charge in [0.2, 0.25) is 0 Å². The second-order valence-electron chi connectivity index (χ2n) is 8.09. The molecule has 11 heteroatoms. The molecule has 1 aliphatic rings. The van der Waals surface area contributed by atoms with Gasteiger partial charge in [0.1, 0.15) is 17.2 Å². The Morgan fingerprint density at radius 2 is 1.80 bits per heavy atom. The topological polar surface area (TPSA) is 76.5 Å². The van der Waals surface area contributed by atoms with Crippen LogP contribution in [0.2, 0.25) is 0 Å². The van der Waals surface area contributed by atoms with E-state index in [0.29, 0.717) is 16.7 Å². The number of ether oxygens (including phenoxy) is 1. The molecule has 1 N–H and O–H groups in total. The number of fused-ring (bicyclic) bond motifs is 1. The smallest absolute Gasteiger partial charge is 0.436 e. The van der Waals surface area contributed by atoms with Gasteiger partial charge in [0.25, 0.3) is 5.91 Å². The molecule has 2 aromatic carbocycles. The summed E-state index contributed by atoms with van der Waals surface area (Å²) in [6.45, 7) is 2.00. The van der Waals surface area contributed by atoms with Gasteiger partial charge in [0.15, 0.2) is 5.69 Å². The number of hydrogen-bond acceptors (Lipinski definition) is 5. The zero-order valence-corrected chi connectivity index (χ0v) is 18.9. The zero-order valence-electron chi connectivity index (χ0n) is 18.9. The lowest BCUT2D eigenvalue weighted by Crippen LogP contribution is -2.31. The van der Waals surface area contributed by atoms with Crippen LogP contribution in [-0.4, -0.2) is 35.3 Å². The van der Waals surface area contributed by atoms with Crippen molar-refractivity contribution in [2.45, 2.75) is 32.2 Å². The van der Waals surface area contributed by atoms with Crippen LogP contribution in [0.1, 0.15) is 50.5 Å². The molecular formula is C24H22F4N4O3. The fraction of sp³-hybridized carbons (Fsp3) is 0.292. The number of amides is 1. The van der Waals surface area contributed by atoms with Crippen LogP contribution in [-0.2, 0) is 24.0 Å². The summed E-state index contributed by atoms with van der Waals surface area (Å²) in [4.78, 5) is 26.3. The number of carbonyl (C=O) groups is 2. The average Bonchev–Trinajstić information content (AvgIpc) is 3.40. The third-order valence-corrected chi connectivity index (χ3v) is 5.80. The number of esters is 1. The first-order valence-corrected chi connectivity index (χ1v) is 10.8. The molecule has 0 aliphatic carbocycles. The van der Waals surface area contributed by atoms with Crippen molar-refractivity contribution in [1.82, 2.24) is 15.1 Å². The van der Waals surface area contributed by atoms with E-state index >= 15 is 0 Å². The zero-order chi connectivity index (χ0) is 25.3. The summed E-state index contributed by atoms with van der Waals surface area (Å²) in [5.41, 5.74) is -0.735. The molecule has 35 heavy (non-hydrogen) atoms. The van der Waals surface area contributed by atoms with E-state index in [9.17, 15) is 27.2 Å². The Hall–Kier alpha value is -3.89. The Kier molecular flexibility index (Phi) is 6.51. The summed E-state index contributed by atoms with van der Waals surface area (Å²) in [7, 11) is 1.25. The normalized spacial score (nSPS) is 13.9. The summed E-state index contributed by atoms with van der Waals surface area (Å²) in [5.74, 6) is -1.99. The van der Waals surface area contributed by atoms with Gasteiger partial charge in [0.05, 0.1) is 25.3 Å². The molecule has 1 atom stereocenters. The van der Waals surface area contributed by atoms with Crippen LogP contribution >= 0.6 is 0 Å². The molecule has 1 amide bonds. The molecule has 0 radical (unpaired) electrons. The number of aromatic nitrogens is 2. The molecule has 1 aromatic heterocycles. The minimum Gasteiger partial charge on any atom is -0.465 e. The highest BCUT2D eigenvalue weighted by atomic mass is 19.4. The Morgan fingerprint density at radius 3 is 2.43 bits per heavy atom. The maximum Gasteiger partial charge on any atom is 0.436 e. The molecule has 184 valence electrons. The Morgan fingerprint density at radius 1 is 1.11 bits per heavy atom. The highest BCUT2D eigenvalue weighted by Crippen LogP contribution is 2.39. The molecular weight excluding hydrogens is 468 g/mol. The number of rotatable bonds is 6. The van der Waals surface area contributed by atoms with Crippen molar-refractivity contribution in [2.75, 3.05) is 18.6 Å². The molecule has 0 fully saturated rings. The second kappa shape index (κ2) is 9.40. The van der Waals surface area contributed by atoms with E-state index in [1.54, 1.807) is 31.2 Å². The van der Waals surface area contributed by atoms with Crippen molar-refractivity contribution in [3.05, 3.63) is 82.3 Å². The highest BCUT2D eigenvalue weighted by Gasteiger charge is 2.44. The SMILES string of the molecule is COC(=O)c1ccc(C(C)NC(=O)c2c(C(F)(F)F)nn3c2N(Cc2ccccc2F)CC3)cc1. The number of nitrogens with zero attached hydrogens (tertiary/aromatic N) is 3. The number of carbonyl (C=O) groups excluding carboxylic acids is 2. The van der Waals surface area contributed by atoms with Crippen molar-refractivity contribution < 1.29 is 31.9 Å². The predicted octanol–water partition coefficient (Wildman–Crippen LogP) is 4.34. The molecule has 4 rings (SSSR count). The Bertz CT molecular complexity index is 1250. The van der Waals surface area contributed by atoms with E-state index < -0.39 is 41.2 Å². The van der Waals surface area contributed by atoms with Gasteiger partial charge in [-0.3, -0.25) is 4.79 Å². The maximum absolute atomic E-state index is 14.2. The number of benzene rings is 2. The Labute approximate surface area is 198 Å². The van der Waals surface area contributed by atoms with E-state index in [4.69, 9.17) is 0 Å². The summed E-state index contributed by atoms with van der Waals surface area (Å²) >= 11 is 0. The first kappa shape index (κ1) is 24.2. The molecule has 0 saturated heterocycles. The van der Waals surface area contributed by atoms with Gasteiger partial charge in [-0.25, -0.2) is 13.9 Å². The number of halogens is 4. The molecule has 2 heterocycles. The van der Waals surface area contributed by atoms with Crippen LogP contribution in [0.5, 0.6) is 0 Å². The van der Waals surface area contributed by atoms with Gasteiger partial charge in [-0.2, -0.15) is 18.3 Å². The third kappa shape index (κ3) is 4.84. The molecule has 1 aliphatic heterocycles. The lowest BCUT2D eigenvalue weighted by atomic mass is 10.1. The lowest BCUT2D eigenvalue weighted by Gasteiger charge is -2.21. The van der Waals surface area contributed by atoms with Gasteiger partial charge in [-0.15, -0.1) is 0 Å². The van der Waals surface area contributed by atoms with Crippen LogP contribution in [0, 0.1) is 5.82 Å². The molecule has 0 spiro atoms. The number of hydrogen-bond donors (Lipinski definition) is 1. The molecule has 0 bridgehead atoms. The van der Waals surface area contributed by atoms with Crippen molar-refractivity contribution >= 4 is 17.7 Å². The molecule has 3 aromatic rings. The number of alkyl halides is 3. The van der Waals surface area contributed by atoms with E-state index in [-0.39, 0.29) is 25.5 Å². The minimum atomic E-state index is -4.86. The monoisotopic (exact) mass is 490 g/mol. The van der Waals surface area contributed by atoms with Gasteiger partial charge in [-0.1, -0.05) is 30.3 Å². The minimum absolute atomic E-state index is 0.00804. The fourth-order valence-electron chi connectivity index (χ4n) is 4.02. The van der Waals surface area contributed by atoms with E-state index in [0.717, 1.165) is 4.68 Å². The molecule has 1 unspecified atom stereocenters. The van der Waals surface area contributed by atoms with Crippen molar-refractivity contribution in [3.8, 4) is 0 Å². The summed E-state index contributed by atoms with van der Waals surface area (Å²) in [6.07, 6.45) is -4.86. The van der Waals surface area contributed by atoms with Gasteiger partial charge >= 0.3 is 12.1 Å². The van der Waals surface area contributed by atoms with Crippen LogP contribution in [0.3, 0.4) is 0 Å². The van der Waals surface area contributed by atoms with Crippen molar-refractivity contribution in [2.24, 2.45) is 0 Å². The van der Waals surface area contributed by atoms with E-state index in [2.05, 4.69) is 15.2 Å². The standard InChI is InChI=1S/C24H22F4N4O3/c1-14(15-7-9-16(10-8-15)23(34)35-2)29-21(33)19-20(24(26,27)28)30-32-12-11-31(22(19)32)13-17-5-3-4-6-18(17)25/h3-10,14H,11-13H2,1-2H3,(H,29,33). The lowest BCUT2D eigenvalue weighted by molar-refractivity contribution is -0.141. The highest BCUT2D eigenvalue weighted by molar-refractivity contribution is 6.01. The number of nitrogens with one attached hydrogen (secondary N) is 1. The summed E-state index contributed by atoms with van der Waals surface area (Å²) in [6, 6.07) is 11.4. The molecule has 7 nitrogen and oxygen atoms in total. The summed E-state index contributed by atoms with van der Waals surface area (Å²) < 4.78 is 61.4. The van der Waals surface area contributed by atoms with Crippen molar-refractivity contribution in [3.63, 3.8) is 0 Å².